The molecule has 0 saturated heterocycles. The van der Waals surface area contributed by atoms with E-state index in [9.17, 15) is 5.11 Å². The summed E-state index contributed by atoms with van der Waals surface area (Å²) in [6.07, 6.45) is 4.61. The maximum atomic E-state index is 10.4. The van der Waals surface area contributed by atoms with Gasteiger partial charge in [-0.05, 0) is 36.5 Å². The Kier molecular flexibility index (Phi) is 4.66. The zero-order valence-electron chi connectivity index (χ0n) is 12.7. The van der Waals surface area contributed by atoms with E-state index in [0.29, 0.717) is 25.8 Å². The summed E-state index contributed by atoms with van der Waals surface area (Å²) in [5.74, 6) is 2.42. The molecule has 0 amide bonds. The molecule has 2 atom stereocenters. The van der Waals surface area contributed by atoms with Crippen LogP contribution in [0.3, 0.4) is 0 Å². The van der Waals surface area contributed by atoms with Crippen LogP contribution < -0.4 is 14.8 Å². The lowest BCUT2D eigenvalue weighted by Gasteiger charge is -2.22. The van der Waals surface area contributed by atoms with Gasteiger partial charge in [0.15, 0.2) is 11.5 Å². The van der Waals surface area contributed by atoms with Gasteiger partial charge < -0.3 is 19.9 Å². The minimum atomic E-state index is -0.505. The smallest absolute Gasteiger partial charge is 0.161 e. The van der Waals surface area contributed by atoms with Crippen molar-refractivity contribution in [2.24, 2.45) is 5.92 Å². The third kappa shape index (κ3) is 3.89. The zero-order valence-corrected chi connectivity index (χ0v) is 12.7. The monoisotopic (exact) mass is 291 g/mol. The van der Waals surface area contributed by atoms with E-state index in [4.69, 9.17) is 9.47 Å². The summed E-state index contributed by atoms with van der Waals surface area (Å²) in [7, 11) is 0. The molecule has 2 aliphatic rings. The molecule has 1 fully saturated rings. The Morgan fingerprint density at radius 3 is 2.71 bits per heavy atom. The van der Waals surface area contributed by atoms with Crippen LogP contribution >= 0.6 is 0 Å². The highest BCUT2D eigenvalue weighted by Crippen LogP contribution is 2.34. The van der Waals surface area contributed by atoms with E-state index in [0.717, 1.165) is 29.4 Å². The van der Waals surface area contributed by atoms with E-state index < -0.39 is 6.10 Å². The number of fused-ring (bicyclic) bond motifs is 1. The highest BCUT2D eigenvalue weighted by Gasteiger charge is 2.25. The van der Waals surface area contributed by atoms with Crippen LogP contribution in [0.5, 0.6) is 11.5 Å². The SMILES string of the molecule is CCC(CC1CC1)NCC(O)c1ccc2c(c1)OCCO2. The summed E-state index contributed by atoms with van der Waals surface area (Å²) in [6.45, 7) is 3.96. The predicted molar refractivity (Wildman–Crippen MR) is 81.8 cm³/mol. The van der Waals surface area contributed by atoms with Crippen LogP contribution in [0.25, 0.3) is 0 Å². The summed E-state index contributed by atoms with van der Waals surface area (Å²) in [4.78, 5) is 0. The number of aliphatic hydroxyl groups excluding tert-OH is 1. The van der Waals surface area contributed by atoms with Crippen LogP contribution in [0.1, 0.15) is 44.3 Å². The van der Waals surface area contributed by atoms with Crippen LogP contribution in [-0.2, 0) is 0 Å². The van der Waals surface area contributed by atoms with Crippen molar-refractivity contribution in [3.63, 3.8) is 0 Å². The maximum Gasteiger partial charge on any atom is 0.161 e. The molecule has 1 saturated carbocycles. The lowest BCUT2D eigenvalue weighted by atomic mass is 10.1. The molecular weight excluding hydrogens is 266 g/mol. The largest absolute Gasteiger partial charge is 0.486 e. The van der Waals surface area contributed by atoms with Gasteiger partial charge in [0.25, 0.3) is 0 Å². The standard InChI is InChI=1S/C17H25NO3/c1-2-14(9-12-3-4-12)18-11-15(19)13-5-6-16-17(10-13)21-8-7-20-16/h5-6,10,12,14-15,18-19H,2-4,7-9,11H2,1H3. The van der Waals surface area contributed by atoms with Gasteiger partial charge in [-0.15, -0.1) is 0 Å². The van der Waals surface area contributed by atoms with Crippen molar-refractivity contribution in [2.45, 2.75) is 44.8 Å². The van der Waals surface area contributed by atoms with E-state index >= 15 is 0 Å². The molecule has 4 heteroatoms. The number of benzene rings is 1. The maximum absolute atomic E-state index is 10.4. The van der Waals surface area contributed by atoms with Crippen LogP contribution in [0.2, 0.25) is 0 Å². The predicted octanol–water partition coefficient (Wildman–Crippen LogP) is 2.66. The molecule has 1 aromatic rings. The second kappa shape index (κ2) is 6.67. The Balaban J connectivity index is 1.55. The van der Waals surface area contributed by atoms with Gasteiger partial charge in [0.2, 0.25) is 0 Å². The molecule has 4 nitrogen and oxygen atoms in total. The summed E-state index contributed by atoms with van der Waals surface area (Å²) in [5.41, 5.74) is 0.882. The molecule has 1 aliphatic carbocycles. The molecule has 2 N–H and O–H groups in total. The molecule has 0 bridgehead atoms. The van der Waals surface area contributed by atoms with Crippen molar-refractivity contribution in [1.29, 1.82) is 0 Å². The Bertz CT molecular complexity index is 473. The van der Waals surface area contributed by atoms with E-state index in [1.165, 1.54) is 19.3 Å². The average molecular weight is 291 g/mol. The first-order chi connectivity index (χ1) is 10.3. The van der Waals surface area contributed by atoms with E-state index in [2.05, 4.69) is 12.2 Å². The van der Waals surface area contributed by atoms with Gasteiger partial charge in [-0.2, -0.15) is 0 Å². The molecule has 116 valence electrons. The normalized spacial score (nSPS) is 20.1. The van der Waals surface area contributed by atoms with Crippen molar-refractivity contribution in [1.82, 2.24) is 5.32 Å². The van der Waals surface area contributed by atoms with Gasteiger partial charge in [-0.3, -0.25) is 0 Å². The van der Waals surface area contributed by atoms with Crippen LogP contribution in [0.15, 0.2) is 18.2 Å². The number of hydrogen-bond acceptors (Lipinski definition) is 4. The number of ether oxygens (including phenoxy) is 2. The summed E-state index contributed by atoms with van der Waals surface area (Å²) in [6, 6.07) is 6.21. The van der Waals surface area contributed by atoms with Gasteiger partial charge in [-0.1, -0.05) is 25.8 Å². The van der Waals surface area contributed by atoms with Crippen molar-refractivity contribution >= 4 is 0 Å². The highest BCUT2D eigenvalue weighted by molar-refractivity contribution is 5.44. The van der Waals surface area contributed by atoms with Crippen molar-refractivity contribution in [3.05, 3.63) is 23.8 Å². The lowest BCUT2D eigenvalue weighted by Crippen LogP contribution is -2.32. The molecule has 0 radical (unpaired) electrons. The average Bonchev–Trinajstić information content (AvgIpc) is 3.34. The van der Waals surface area contributed by atoms with E-state index in [1.807, 2.05) is 18.2 Å². The van der Waals surface area contributed by atoms with Crippen LogP contribution in [-0.4, -0.2) is 30.9 Å². The Hall–Kier alpha value is -1.26. The summed E-state index contributed by atoms with van der Waals surface area (Å²) in [5, 5.41) is 13.9. The minimum absolute atomic E-state index is 0.505. The fourth-order valence-electron chi connectivity index (χ4n) is 2.81. The third-order valence-electron chi connectivity index (χ3n) is 4.36. The third-order valence-corrected chi connectivity index (χ3v) is 4.36. The molecule has 1 aliphatic heterocycles. The second-order valence-electron chi connectivity index (χ2n) is 6.11. The highest BCUT2D eigenvalue weighted by atomic mass is 16.6. The Morgan fingerprint density at radius 1 is 1.24 bits per heavy atom. The quantitative estimate of drug-likeness (QED) is 0.811. The van der Waals surface area contributed by atoms with Crippen molar-refractivity contribution in [3.8, 4) is 11.5 Å². The molecule has 2 unspecified atom stereocenters. The Morgan fingerprint density at radius 2 is 2.00 bits per heavy atom. The van der Waals surface area contributed by atoms with E-state index in [-0.39, 0.29) is 0 Å². The molecule has 3 rings (SSSR count). The van der Waals surface area contributed by atoms with Gasteiger partial charge in [0.1, 0.15) is 13.2 Å². The van der Waals surface area contributed by atoms with Gasteiger partial charge in [0.05, 0.1) is 6.10 Å². The number of nitrogens with one attached hydrogen (secondary N) is 1. The fourth-order valence-corrected chi connectivity index (χ4v) is 2.81. The first kappa shape index (κ1) is 14.7. The van der Waals surface area contributed by atoms with Crippen molar-refractivity contribution < 1.29 is 14.6 Å². The summed E-state index contributed by atoms with van der Waals surface area (Å²) >= 11 is 0. The fraction of sp³-hybridized carbons (Fsp3) is 0.647. The molecule has 1 aromatic carbocycles. The molecule has 21 heavy (non-hydrogen) atoms. The van der Waals surface area contributed by atoms with Crippen LogP contribution in [0.4, 0.5) is 0 Å². The number of aliphatic hydroxyl groups is 1. The summed E-state index contributed by atoms with van der Waals surface area (Å²) < 4.78 is 11.1. The zero-order chi connectivity index (χ0) is 14.7. The first-order valence-corrected chi connectivity index (χ1v) is 8.07. The van der Waals surface area contributed by atoms with Gasteiger partial charge >= 0.3 is 0 Å². The van der Waals surface area contributed by atoms with Gasteiger partial charge in [-0.25, -0.2) is 0 Å². The lowest BCUT2D eigenvalue weighted by molar-refractivity contribution is 0.160. The number of hydrogen-bond donors (Lipinski definition) is 2. The number of rotatable bonds is 7. The first-order valence-electron chi connectivity index (χ1n) is 8.07. The topological polar surface area (TPSA) is 50.7 Å². The molecular formula is C17H25NO3. The van der Waals surface area contributed by atoms with E-state index in [1.54, 1.807) is 0 Å². The van der Waals surface area contributed by atoms with Crippen molar-refractivity contribution in [2.75, 3.05) is 19.8 Å². The second-order valence-corrected chi connectivity index (χ2v) is 6.11. The Labute approximate surface area is 126 Å². The van der Waals surface area contributed by atoms with Crippen LogP contribution in [0, 0.1) is 5.92 Å². The van der Waals surface area contributed by atoms with Gasteiger partial charge in [0, 0.05) is 12.6 Å². The molecule has 1 heterocycles. The minimum Gasteiger partial charge on any atom is -0.486 e. The molecule has 0 spiro atoms. The molecule has 0 aromatic heterocycles.